The van der Waals surface area contributed by atoms with Gasteiger partial charge >= 0.3 is 6.18 Å². The molecule has 4 N–H and O–H groups in total. The number of hydrazone groups is 1. The van der Waals surface area contributed by atoms with Crippen LogP contribution < -0.4 is 16.6 Å². The van der Waals surface area contributed by atoms with E-state index < -0.39 is 11.7 Å². The average Bonchev–Trinajstić information content (AvgIpc) is 3.38. The third kappa shape index (κ3) is 4.26. The Bertz CT molecular complexity index is 1350. The van der Waals surface area contributed by atoms with Crippen LogP contribution in [0.5, 0.6) is 0 Å². The number of allylic oxidation sites excluding steroid dienone is 3. The van der Waals surface area contributed by atoms with Crippen LogP contribution in [0.2, 0.25) is 0 Å². The van der Waals surface area contributed by atoms with Gasteiger partial charge in [-0.25, -0.2) is 5.84 Å². The van der Waals surface area contributed by atoms with Gasteiger partial charge in [0.1, 0.15) is 18.0 Å². The molecular weight excluding hydrogens is 483 g/mol. The number of aromatic nitrogens is 3. The average molecular weight is 512 g/mol. The number of fused-ring (bicyclic) bond motifs is 1. The first kappa shape index (κ1) is 24.6. The van der Waals surface area contributed by atoms with E-state index in [1.165, 1.54) is 22.2 Å². The van der Waals surface area contributed by atoms with Gasteiger partial charge in [0.2, 0.25) is 0 Å². The van der Waals surface area contributed by atoms with Crippen molar-refractivity contribution >= 4 is 11.5 Å². The number of aryl methyl sites for hydroxylation is 1. The molecule has 37 heavy (non-hydrogen) atoms. The number of rotatable bonds is 5. The minimum absolute atomic E-state index is 0.000504. The van der Waals surface area contributed by atoms with Crippen LogP contribution in [0, 0.1) is 5.92 Å². The second-order valence-corrected chi connectivity index (χ2v) is 9.44. The van der Waals surface area contributed by atoms with E-state index >= 15 is 0 Å². The van der Waals surface area contributed by atoms with Gasteiger partial charge in [0.15, 0.2) is 5.84 Å². The summed E-state index contributed by atoms with van der Waals surface area (Å²) in [5, 5.41) is 13.6. The molecule has 3 aliphatic rings. The van der Waals surface area contributed by atoms with Gasteiger partial charge in [-0.3, -0.25) is 5.01 Å². The molecule has 1 saturated carbocycles. The molecule has 1 atom stereocenters. The first-order valence-electron chi connectivity index (χ1n) is 11.8. The van der Waals surface area contributed by atoms with Gasteiger partial charge in [-0.15, -0.1) is 10.2 Å². The van der Waals surface area contributed by atoms with Crippen molar-refractivity contribution in [3.63, 3.8) is 0 Å². The first-order chi connectivity index (χ1) is 17.6. The SMILES string of the molecule is C=C1N2C=CC=C(C(F)(F)F)C2=CN1c1cc(/C(=N/N)N(C)N)cc(C(c2nncn2C)C2CCC2)c1. The molecule has 1 aliphatic carbocycles. The fourth-order valence-electron chi connectivity index (χ4n) is 5.08. The minimum atomic E-state index is -4.51. The third-order valence-corrected chi connectivity index (χ3v) is 7.08. The molecule has 3 heterocycles. The zero-order chi connectivity index (χ0) is 26.5. The van der Waals surface area contributed by atoms with Crippen LogP contribution in [0.1, 0.15) is 42.1 Å². The Morgan fingerprint density at radius 2 is 2.00 bits per heavy atom. The summed E-state index contributed by atoms with van der Waals surface area (Å²) in [5.74, 6) is 13.4. The molecule has 2 aliphatic heterocycles. The lowest BCUT2D eigenvalue weighted by molar-refractivity contribution is -0.0908. The quantitative estimate of drug-likeness (QED) is 0.273. The zero-order valence-corrected chi connectivity index (χ0v) is 20.5. The Kier molecular flexibility index (Phi) is 6.06. The molecule has 12 heteroatoms. The lowest BCUT2D eigenvalue weighted by Gasteiger charge is -2.34. The molecule has 9 nitrogen and oxygen atoms in total. The number of alkyl halides is 3. The summed E-state index contributed by atoms with van der Waals surface area (Å²) in [6.45, 7) is 4.08. The van der Waals surface area contributed by atoms with Gasteiger partial charge in [-0.05, 0) is 54.7 Å². The fraction of sp³-hybridized carbons (Fsp3) is 0.320. The lowest BCUT2D eigenvalue weighted by Crippen LogP contribution is -2.35. The van der Waals surface area contributed by atoms with Crippen LogP contribution in [0.15, 0.2) is 77.8 Å². The van der Waals surface area contributed by atoms with E-state index in [0.29, 0.717) is 28.8 Å². The van der Waals surface area contributed by atoms with E-state index in [1.807, 2.05) is 23.7 Å². The number of hydrogen-bond acceptors (Lipinski definition) is 7. The summed E-state index contributed by atoms with van der Waals surface area (Å²) in [6, 6.07) is 5.69. The molecule has 2 aromatic rings. The Morgan fingerprint density at radius 3 is 2.57 bits per heavy atom. The van der Waals surface area contributed by atoms with Crippen molar-refractivity contribution in [3.8, 4) is 0 Å². The highest BCUT2D eigenvalue weighted by Crippen LogP contribution is 2.46. The second kappa shape index (κ2) is 9.11. The molecule has 1 unspecified atom stereocenters. The lowest BCUT2D eigenvalue weighted by atomic mass is 9.72. The van der Waals surface area contributed by atoms with Crippen LogP contribution in [0.3, 0.4) is 0 Å². The second-order valence-electron chi connectivity index (χ2n) is 9.44. The van der Waals surface area contributed by atoms with Gasteiger partial charge in [-0.2, -0.15) is 18.3 Å². The Labute approximate surface area is 212 Å². The zero-order valence-electron chi connectivity index (χ0n) is 20.5. The smallest absolute Gasteiger partial charge is 0.321 e. The molecule has 0 spiro atoms. The standard InChI is InChI=1S/C25H28F3N9/c1-15-36-9-5-8-20(25(26,27)28)21(36)13-37(15)19-11-17(10-18(12-19)23(32-29)35(3)30)22(16-6-4-7-16)24-33-31-14-34(24)2/h5,8-14,16,22H,1,4,6-7,29-30H2,2-3H3/b32-23-. The van der Waals surface area contributed by atoms with Gasteiger partial charge in [-0.1, -0.05) is 13.0 Å². The van der Waals surface area contributed by atoms with Crippen LogP contribution in [-0.2, 0) is 7.05 Å². The van der Waals surface area contributed by atoms with E-state index in [1.54, 1.807) is 30.5 Å². The van der Waals surface area contributed by atoms with Crippen LogP contribution in [0.25, 0.3) is 0 Å². The predicted octanol–water partition coefficient (Wildman–Crippen LogP) is 3.62. The Hall–Kier alpha value is -4.06. The Balaban J connectivity index is 1.67. The highest BCUT2D eigenvalue weighted by molar-refractivity contribution is 5.99. The highest BCUT2D eigenvalue weighted by atomic mass is 19.4. The van der Waals surface area contributed by atoms with Crippen molar-refractivity contribution in [2.24, 2.45) is 29.8 Å². The van der Waals surface area contributed by atoms with E-state index in [9.17, 15) is 13.2 Å². The molecular formula is C25H28F3N9. The number of benzene rings is 1. The molecule has 0 saturated heterocycles. The normalized spacial score (nSPS) is 19.0. The number of anilines is 1. The Morgan fingerprint density at radius 1 is 1.24 bits per heavy atom. The number of hydrazine groups is 1. The molecule has 1 aromatic heterocycles. The molecule has 0 amide bonds. The van der Waals surface area contributed by atoms with E-state index in [2.05, 4.69) is 21.9 Å². The predicted molar refractivity (Wildman–Crippen MR) is 134 cm³/mol. The van der Waals surface area contributed by atoms with Crippen LogP contribution in [0.4, 0.5) is 18.9 Å². The van der Waals surface area contributed by atoms with E-state index in [0.717, 1.165) is 36.7 Å². The third-order valence-electron chi connectivity index (χ3n) is 7.08. The summed E-state index contributed by atoms with van der Waals surface area (Å²) >= 11 is 0. The summed E-state index contributed by atoms with van der Waals surface area (Å²) in [4.78, 5) is 3.06. The van der Waals surface area contributed by atoms with Crippen LogP contribution >= 0.6 is 0 Å². The molecule has 194 valence electrons. The first-order valence-corrected chi connectivity index (χ1v) is 11.8. The van der Waals surface area contributed by atoms with Crippen molar-refractivity contribution in [1.82, 2.24) is 24.7 Å². The molecule has 0 bridgehead atoms. The molecule has 1 aromatic carbocycles. The topological polar surface area (TPSA) is 105 Å². The number of nitrogens with zero attached hydrogens (tertiary/aromatic N) is 7. The largest absolute Gasteiger partial charge is 0.418 e. The van der Waals surface area contributed by atoms with Crippen molar-refractivity contribution in [2.45, 2.75) is 31.4 Å². The maximum atomic E-state index is 13.8. The molecule has 5 rings (SSSR count). The molecule has 1 fully saturated rings. The van der Waals surface area contributed by atoms with Gasteiger partial charge in [0.25, 0.3) is 0 Å². The van der Waals surface area contributed by atoms with Crippen molar-refractivity contribution in [3.05, 3.63) is 89.7 Å². The number of amidine groups is 1. The van der Waals surface area contributed by atoms with E-state index in [-0.39, 0.29) is 11.6 Å². The summed E-state index contributed by atoms with van der Waals surface area (Å²) in [7, 11) is 3.51. The number of halogens is 3. The van der Waals surface area contributed by atoms with Gasteiger partial charge in [0, 0.05) is 43.7 Å². The fourth-order valence-corrected chi connectivity index (χ4v) is 5.08. The summed E-state index contributed by atoms with van der Waals surface area (Å²) in [6.07, 6.45) is 5.76. The van der Waals surface area contributed by atoms with E-state index in [4.69, 9.17) is 11.7 Å². The summed E-state index contributed by atoms with van der Waals surface area (Å²) in [5.41, 5.74) is 1.38. The number of hydrogen-bond donors (Lipinski definition) is 2. The minimum Gasteiger partial charge on any atom is -0.321 e. The van der Waals surface area contributed by atoms with Gasteiger partial charge in [0.05, 0.1) is 11.3 Å². The number of nitrogens with two attached hydrogens (primary N) is 2. The van der Waals surface area contributed by atoms with Crippen LogP contribution in [-0.4, -0.2) is 43.7 Å². The summed E-state index contributed by atoms with van der Waals surface area (Å²) < 4.78 is 43.2. The van der Waals surface area contributed by atoms with Crippen molar-refractivity contribution in [1.29, 1.82) is 0 Å². The maximum Gasteiger partial charge on any atom is 0.418 e. The molecule has 0 radical (unpaired) electrons. The van der Waals surface area contributed by atoms with Crippen molar-refractivity contribution in [2.75, 3.05) is 11.9 Å². The van der Waals surface area contributed by atoms with Gasteiger partial charge < -0.3 is 20.2 Å². The highest BCUT2D eigenvalue weighted by Gasteiger charge is 2.42. The van der Waals surface area contributed by atoms with Crippen molar-refractivity contribution < 1.29 is 13.2 Å². The maximum absolute atomic E-state index is 13.8. The monoisotopic (exact) mass is 511 g/mol.